The Balaban J connectivity index is 1.77. The molecule has 1 saturated carbocycles. The van der Waals surface area contributed by atoms with Crippen molar-refractivity contribution in [3.8, 4) is 0 Å². The SMILES string of the molecule is CCCNC(c1cc2c(s1)CCC2)C1CCCC(C)C1. The molecule has 0 amide bonds. The molecule has 0 aliphatic heterocycles. The molecule has 2 aliphatic rings. The van der Waals surface area contributed by atoms with Crippen molar-refractivity contribution in [2.75, 3.05) is 6.54 Å². The van der Waals surface area contributed by atoms with E-state index in [1.165, 1.54) is 51.4 Å². The summed E-state index contributed by atoms with van der Waals surface area (Å²) in [7, 11) is 0. The summed E-state index contributed by atoms with van der Waals surface area (Å²) in [6, 6.07) is 3.17. The van der Waals surface area contributed by atoms with Crippen LogP contribution in [0.15, 0.2) is 6.07 Å². The van der Waals surface area contributed by atoms with Gasteiger partial charge in [-0.05, 0) is 68.5 Å². The lowest BCUT2D eigenvalue weighted by Gasteiger charge is -2.33. The highest BCUT2D eigenvalue weighted by molar-refractivity contribution is 7.12. The second kappa shape index (κ2) is 6.62. The smallest absolute Gasteiger partial charge is 0.0443 e. The van der Waals surface area contributed by atoms with E-state index in [1.54, 1.807) is 15.3 Å². The molecule has 1 aromatic rings. The topological polar surface area (TPSA) is 12.0 Å². The van der Waals surface area contributed by atoms with Gasteiger partial charge in [0.1, 0.15) is 0 Å². The van der Waals surface area contributed by atoms with Gasteiger partial charge in [0.25, 0.3) is 0 Å². The molecule has 3 unspecified atom stereocenters. The minimum atomic E-state index is 0.633. The fourth-order valence-corrected chi connectivity index (χ4v) is 5.52. The van der Waals surface area contributed by atoms with Crippen LogP contribution in [0.2, 0.25) is 0 Å². The van der Waals surface area contributed by atoms with Gasteiger partial charge in [-0.15, -0.1) is 11.3 Å². The lowest BCUT2D eigenvalue weighted by atomic mass is 9.78. The monoisotopic (exact) mass is 291 g/mol. The largest absolute Gasteiger partial charge is 0.309 e. The molecular formula is C18H29NS. The number of hydrogen-bond acceptors (Lipinski definition) is 2. The Morgan fingerprint density at radius 2 is 2.20 bits per heavy atom. The molecule has 3 atom stereocenters. The standard InChI is InChI=1S/C18H29NS/c1-3-10-19-18(15-8-4-6-13(2)11-15)17-12-14-7-5-9-16(14)20-17/h12-13,15,18-19H,3-11H2,1-2H3. The molecule has 1 heterocycles. The summed E-state index contributed by atoms with van der Waals surface area (Å²) in [5.74, 6) is 1.79. The van der Waals surface area contributed by atoms with Crippen molar-refractivity contribution in [1.29, 1.82) is 0 Å². The van der Waals surface area contributed by atoms with Gasteiger partial charge in [-0.2, -0.15) is 0 Å². The maximum Gasteiger partial charge on any atom is 0.0443 e. The van der Waals surface area contributed by atoms with Crippen LogP contribution < -0.4 is 5.32 Å². The zero-order chi connectivity index (χ0) is 13.9. The van der Waals surface area contributed by atoms with Crippen molar-refractivity contribution in [1.82, 2.24) is 5.32 Å². The third kappa shape index (κ3) is 3.12. The molecule has 0 bridgehead atoms. The molecule has 112 valence electrons. The highest BCUT2D eigenvalue weighted by atomic mass is 32.1. The normalized spacial score (nSPS) is 27.5. The van der Waals surface area contributed by atoms with Crippen LogP contribution in [-0.2, 0) is 12.8 Å². The third-order valence-corrected chi connectivity index (χ3v) is 6.45. The minimum Gasteiger partial charge on any atom is -0.309 e. The maximum absolute atomic E-state index is 3.88. The number of rotatable bonds is 5. The van der Waals surface area contributed by atoms with Gasteiger partial charge in [0.2, 0.25) is 0 Å². The third-order valence-electron chi connectivity index (χ3n) is 5.13. The number of aryl methyl sites for hydroxylation is 2. The molecule has 1 N–H and O–H groups in total. The van der Waals surface area contributed by atoms with Crippen LogP contribution in [0.3, 0.4) is 0 Å². The first kappa shape index (κ1) is 14.6. The second-order valence-corrected chi connectivity index (χ2v) is 8.08. The van der Waals surface area contributed by atoms with Crippen molar-refractivity contribution in [2.45, 2.75) is 71.3 Å². The van der Waals surface area contributed by atoms with Crippen LogP contribution in [0.25, 0.3) is 0 Å². The van der Waals surface area contributed by atoms with Crippen molar-refractivity contribution in [3.63, 3.8) is 0 Å². The number of nitrogens with one attached hydrogen (secondary N) is 1. The van der Waals surface area contributed by atoms with Crippen LogP contribution in [0.4, 0.5) is 0 Å². The van der Waals surface area contributed by atoms with Gasteiger partial charge < -0.3 is 5.32 Å². The molecule has 2 aliphatic carbocycles. The van der Waals surface area contributed by atoms with E-state index >= 15 is 0 Å². The van der Waals surface area contributed by atoms with Crippen LogP contribution >= 0.6 is 11.3 Å². The van der Waals surface area contributed by atoms with Gasteiger partial charge in [0.15, 0.2) is 0 Å². The summed E-state index contributed by atoms with van der Waals surface area (Å²) in [6.07, 6.45) is 11.0. The molecule has 1 nitrogen and oxygen atoms in total. The van der Waals surface area contributed by atoms with Crippen molar-refractivity contribution in [2.24, 2.45) is 11.8 Å². The van der Waals surface area contributed by atoms with E-state index in [0.717, 1.165) is 18.4 Å². The molecule has 1 aromatic heterocycles. The Hall–Kier alpha value is -0.340. The van der Waals surface area contributed by atoms with E-state index in [9.17, 15) is 0 Å². The average Bonchev–Trinajstić information content (AvgIpc) is 3.00. The van der Waals surface area contributed by atoms with E-state index in [1.807, 2.05) is 0 Å². The Morgan fingerprint density at radius 3 is 2.95 bits per heavy atom. The van der Waals surface area contributed by atoms with Crippen molar-refractivity contribution >= 4 is 11.3 Å². The van der Waals surface area contributed by atoms with Gasteiger partial charge in [0, 0.05) is 15.8 Å². The molecule has 0 spiro atoms. The second-order valence-electron chi connectivity index (χ2n) is 6.91. The first-order chi connectivity index (χ1) is 9.78. The lowest BCUT2D eigenvalue weighted by molar-refractivity contribution is 0.226. The zero-order valence-corrected chi connectivity index (χ0v) is 13.9. The fraction of sp³-hybridized carbons (Fsp3) is 0.778. The van der Waals surface area contributed by atoms with Crippen LogP contribution in [0, 0.1) is 11.8 Å². The predicted octanol–water partition coefficient (Wildman–Crippen LogP) is 5.10. The Bertz CT molecular complexity index is 415. The molecule has 2 heteroatoms. The van der Waals surface area contributed by atoms with Crippen LogP contribution in [-0.4, -0.2) is 6.54 Å². The van der Waals surface area contributed by atoms with Gasteiger partial charge >= 0.3 is 0 Å². The number of fused-ring (bicyclic) bond motifs is 1. The molecule has 0 aromatic carbocycles. The zero-order valence-electron chi connectivity index (χ0n) is 13.1. The molecule has 1 fully saturated rings. The van der Waals surface area contributed by atoms with Gasteiger partial charge in [-0.1, -0.05) is 26.7 Å². The first-order valence-electron chi connectivity index (χ1n) is 8.62. The molecule has 0 radical (unpaired) electrons. The average molecular weight is 292 g/mol. The summed E-state index contributed by atoms with van der Waals surface area (Å²) in [5, 5.41) is 3.88. The van der Waals surface area contributed by atoms with E-state index in [0.29, 0.717) is 6.04 Å². The van der Waals surface area contributed by atoms with E-state index in [4.69, 9.17) is 0 Å². The summed E-state index contributed by atoms with van der Waals surface area (Å²) in [4.78, 5) is 3.33. The van der Waals surface area contributed by atoms with Crippen LogP contribution in [0.1, 0.15) is 73.7 Å². The molecule has 3 rings (SSSR count). The van der Waals surface area contributed by atoms with E-state index in [2.05, 4.69) is 36.6 Å². The van der Waals surface area contributed by atoms with Gasteiger partial charge in [0.05, 0.1) is 0 Å². The fourth-order valence-electron chi connectivity index (χ4n) is 4.09. The first-order valence-corrected chi connectivity index (χ1v) is 9.44. The molecule has 20 heavy (non-hydrogen) atoms. The Morgan fingerprint density at radius 1 is 1.30 bits per heavy atom. The lowest BCUT2D eigenvalue weighted by Crippen LogP contribution is -2.31. The summed E-state index contributed by atoms with van der Waals surface area (Å²) >= 11 is 2.11. The summed E-state index contributed by atoms with van der Waals surface area (Å²) in [5.41, 5.74) is 1.66. The predicted molar refractivity (Wildman–Crippen MR) is 88.5 cm³/mol. The summed E-state index contributed by atoms with van der Waals surface area (Å²) in [6.45, 7) is 5.89. The Labute approximate surface area is 128 Å². The van der Waals surface area contributed by atoms with Crippen LogP contribution in [0.5, 0.6) is 0 Å². The molecular weight excluding hydrogens is 262 g/mol. The minimum absolute atomic E-state index is 0.633. The maximum atomic E-state index is 3.88. The van der Waals surface area contributed by atoms with Gasteiger partial charge in [-0.3, -0.25) is 0 Å². The molecule has 0 saturated heterocycles. The van der Waals surface area contributed by atoms with Crippen molar-refractivity contribution < 1.29 is 0 Å². The number of thiophene rings is 1. The quantitative estimate of drug-likeness (QED) is 0.795. The van der Waals surface area contributed by atoms with Gasteiger partial charge in [-0.25, -0.2) is 0 Å². The Kier molecular flexibility index (Phi) is 4.83. The van der Waals surface area contributed by atoms with E-state index in [-0.39, 0.29) is 0 Å². The highest BCUT2D eigenvalue weighted by Gasteiger charge is 2.29. The summed E-state index contributed by atoms with van der Waals surface area (Å²) < 4.78 is 0. The highest BCUT2D eigenvalue weighted by Crippen LogP contribution is 2.41. The van der Waals surface area contributed by atoms with Crippen molar-refractivity contribution in [3.05, 3.63) is 21.4 Å². The van der Waals surface area contributed by atoms with E-state index < -0.39 is 0 Å². The number of hydrogen-bond donors (Lipinski definition) is 1.